The van der Waals surface area contributed by atoms with Crippen molar-refractivity contribution in [2.75, 3.05) is 13.1 Å². The minimum absolute atomic E-state index is 0.401. The average molecular weight is 298 g/mol. The van der Waals surface area contributed by atoms with E-state index in [-0.39, 0.29) is 0 Å². The Kier molecular flexibility index (Phi) is 3.81. The van der Waals surface area contributed by atoms with Crippen LogP contribution in [0.3, 0.4) is 0 Å². The summed E-state index contributed by atoms with van der Waals surface area (Å²) in [6.45, 7) is 4.33. The quantitative estimate of drug-likeness (QED) is 0.840. The van der Waals surface area contributed by atoms with Gasteiger partial charge in [-0.3, -0.25) is 0 Å². The van der Waals surface area contributed by atoms with Crippen molar-refractivity contribution in [1.29, 1.82) is 0 Å². The van der Waals surface area contributed by atoms with Gasteiger partial charge in [0.05, 0.1) is 10.0 Å². The van der Waals surface area contributed by atoms with Crippen LogP contribution in [0, 0.1) is 17.3 Å². The second kappa shape index (κ2) is 5.27. The van der Waals surface area contributed by atoms with Gasteiger partial charge in [-0.1, -0.05) is 42.3 Å². The van der Waals surface area contributed by atoms with Crippen molar-refractivity contribution in [3.05, 3.63) is 33.8 Å². The molecule has 0 aliphatic heterocycles. The van der Waals surface area contributed by atoms with Gasteiger partial charge in [0.1, 0.15) is 0 Å². The van der Waals surface area contributed by atoms with Crippen LogP contribution in [0.1, 0.15) is 31.7 Å². The molecule has 3 heteroatoms. The summed E-state index contributed by atoms with van der Waals surface area (Å²) in [6.07, 6.45) is 5.23. The molecule has 1 aromatic rings. The van der Waals surface area contributed by atoms with Gasteiger partial charge in [0.25, 0.3) is 0 Å². The van der Waals surface area contributed by atoms with Crippen molar-refractivity contribution in [2.45, 2.75) is 32.6 Å². The van der Waals surface area contributed by atoms with E-state index >= 15 is 0 Å². The molecule has 0 saturated heterocycles. The lowest BCUT2D eigenvalue weighted by atomic mass is 9.77. The van der Waals surface area contributed by atoms with Crippen LogP contribution in [0.2, 0.25) is 10.0 Å². The minimum Gasteiger partial charge on any atom is -0.316 e. The lowest BCUT2D eigenvalue weighted by Gasteiger charge is -2.32. The molecule has 19 heavy (non-hydrogen) atoms. The predicted octanol–water partition coefficient (Wildman–Crippen LogP) is 4.56. The Bertz CT molecular complexity index is 462. The van der Waals surface area contributed by atoms with E-state index in [9.17, 15) is 0 Å². The molecule has 0 radical (unpaired) electrons. The van der Waals surface area contributed by atoms with Gasteiger partial charge >= 0.3 is 0 Å². The molecule has 1 nitrogen and oxygen atoms in total. The Morgan fingerprint density at radius 2 is 2.00 bits per heavy atom. The van der Waals surface area contributed by atoms with Crippen LogP contribution in [-0.2, 0) is 6.42 Å². The number of nitrogens with one attached hydrogen (secondary N) is 1. The molecule has 1 N–H and O–H groups in total. The summed E-state index contributed by atoms with van der Waals surface area (Å²) in [6, 6.07) is 6.02. The monoisotopic (exact) mass is 297 g/mol. The van der Waals surface area contributed by atoms with Crippen molar-refractivity contribution in [2.24, 2.45) is 17.3 Å². The highest BCUT2D eigenvalue weighted by Gasteiger charge is 2.53. The molecule has 3 rings (SSSR count). The number of fused-ring (bicyclic) bond motifs is 1. The third-order valence-corrected chi connectivity index (χ3v) is 5.66. The minimum atomic E-state index is 0.401. The lowest BCUT2D eigenvalue weighted by Crippen LogP contribution is -2.35. The molecule has 2 unspecified atom stereocenters. The van der Waals surface area contributed by atoms with Gasteiger partial charge in [-0.15, -0.1) is 0 Å². The molecular formula is C16H21Cl2N. The summed E-state index contributed by atoms with van der Waals surface area (Å²) < 4.78 is 0. The summed E-state index contributed by atoms with van der Waals surface area (Å²) in [5.74, 6) is 1.97. The van der Waals surface area contributed by atoms with Gasteiger partial charge in [0.2, 0.25) is 0 Å². The Morgan fingerprint density at radius 1 is 1.26 bits per heavy atom. The maximum Gasteiger partial charge on any atom is 0.0624 e. The third kappa shape index (κ3) is 2.79. The van der Waals surface area contributed by atoms with Crippen LogP contribution in [0.5, 0.6) is 0 Å². The zero-order chi connectivity index (χ0) is 13.5. The summed E-state index contributed by atoms with van der Waals surface area (Å²) in [7, 11) is 0. The molecule has 104 valence electrons. The van der Waals surface area contributed by atoms with E-state index in [0.717, 1.165) is 36.4 Å². The molecule has 2 aliphatic carbocycles. The van der Waals surface area contributed by atoms with E-state index in [1.165, 1.54) is 24.8 Å². The van der Waals surface area contributed by atoms with E-state index < -0.39 is 0 Å². The summed E-state index contributed by atoms with van der Waals surface area (Å²) in [5, 5.41) is 4.98. The van der Waals surface area contributed by atoms with Gasteiger partial charge in [0.15, 0.2) is 0 Å². The Morgan fingerprint density at radius 3 is 2.68 bits per heavy atom. The zero-order valence-electron chi connectivity index (χ0n) is 11.4. The van der Waals surface area contributed by atoms with E-state index in [1.54, 1.807) is 0 Å². The molecular weight excluding hydrogens is 277 g/mol. The number of benzene rings is 1. The molecule has 2 saturated carbocycles. The number of halogens is 2. The molecule has 1 aromatic carbocycles. The van der Waals surface area contributed by atoms with Crippen LogP contribution in [0.15, 0.2) is 18.2 Å². The topological polar surface area (TPSA) is 12.0 Å². The Labute approximate surface area is 125 Å². The lowest BCUT2D eigenvalue weighted by molar-refractivity contribution is 0.250. The van der Waals surface area contributed by atoms with Crippen molar-refractivity contribution in [3.63, 3.8) is 0 Å². The predicted molar refractivity (Wildman–Crippen MR) is 82.0 cm³/mol. The molecule has 2 fully saturated rings. The smallest absolute Gasteiger partial charge is 0.0624 e. The van der Waals surface area contributed by atoms with Gasteiger partial charge in [-0.05, 0) is 61.1 Å². The van der Waals surface area contributed by atoms with Crippen LogP contribution < -0.4 is 5.32 Å². The summed E-state index contributed by atoms with van der Waals surface area (Å²) in [5.41, 5.74) is 1.62. The highest BCUT2D eigenvalue weighted by Crippen LogP contribution is 2.60. The van der Waals surface area contributed by atoms with Gasteiger partial charge in [-0.2, -0.15) is 0 Å². The van der Waals surface area contributed by atoms with Crippen LogP contribution in [0.25, 0.3) is 0 Å². The van der Waals surface area contributed by atoms with Crippen molar-refractivity contribution >= 4 is 23.2 Å². The number of hydrogen-bond donors (Lipinski definition) is 1. The van der Waals surface area contributed by atoms with Crippen LogP contribution in [-0.4, -0.2) is 13.1 Å². The Hall–Kier alpha value is -0.240. The fraction of sp³-hybridized carbons (Fsp3) is 0.625. The standard InChI is InChI=1S/C16H21Cl2N/c1-2-19-10-16(8-12-6-13(12)9-16)7-11-4-3-5-14(17)15(11)18/h3-5,12-13,19H,2,6-10H2,1H3. The largest absolute Gasteiger partial charge is 0.316 e. The maximum absolute atomic E-state index is 6.36. The van der Waals surface area contributed by atoms with E-state index in [4.69, 9.17) is 23.2 Å². The molecule has 0 aromatic heterocycles. The fourth-order valence-corrected chi connectivity index (χ4v) is 4.22. The summed E-state index contributed by atoms with van der Waals surface area (Å²) >= 11 is 12.5. The van der Waals surface area contributed by atoms with Gasteiger partial charge in [-0.25, -0.2) is 0 Å². The van der Waals surface area contributed by atoms with Crippen molar-refractivity contribution < 1.29 is 0 Å². The first-order chi connectivity index (χ1) is 9.13. The molecule has 0 heterocycles. The highest BCUT2D eigenvalue weighted by atomic mass is 35.5. The fourth-order valence-electron chi connectivity index (χ4n) is 3.84. The normalized spacial score (nSPS) is 32.4. The van der Waals surface area contributed by atoms with Crippen molar-refractivity contribution in [3.8, 4) is 0 Å². The number of hydrogen-bond acceptors (Lipinski definition) is 1. The first kappa shape index (κ1) is 13.7. The van der Waals surface area contributed by atoms with E-state index in [1.807, 2.05) is 12.1 Å². The SMILES string of the molecule is CCNCC1(Cc2cccc(Cl)c2Cl)CC2CC2C1. The first-order valence-corrected chi connectivity index (χ1v) is 8.03. The van der Waals surface area contributed by atoms with E-state index in [2.05, 4.69) is 18.3 Å². The summed E-state index contributed by atoms with van der Waals surface area (Å²) in [4.78, 5) is 0. The third-order valence-electron chi connectivity index (χ3n) is 4.81. The molecule has 0 bridgehead atoms. The molecule has 2 aliphatic rings. The van der Waals surface area contributed by atoms with Crippen LogP contribution in [0.4, 0.5) is 0 Å². The molecule has 2 atom stereocenters. The Balaban J connectivity index is 1.79. The first-order valence-electron chi connectivity index (χ1n) is 7.27. The zero-order valence-corrected chi connectivity index (χ0v) is 12.9. The molecule has 0 amide bonds. The van der Waals surface area contributed by atoms with Crippen molar-refractivity contribution in [1.82, 2.24) is 5.32 Å². The second-order valence-electron chi connectivity index (χ2n) is 6.33. The van der Waals surface area contributed by atoms with Crippen LogP contribution >= 0.6 is 23.2 Å². The maximum atomic E-state index is 6.36. The average Bonchev–Trinajstić information content (AvgIpc) is 3.01. The van der Waals surface area contributed by atoms with Gasteiger partial charge < -0.3 is 5.32 Å². The second-order valence-corrected chi connectivity index (χ2v) is 7.12. The van der Waals surface area contributed by atoms with Gasteiger partial charge in [0, 0.05) is 6.54 Å². The highest BCUT2D eigenvalue weighted by molar-refractivity contribution is 6.42. The molecule has 0 spiro atoms. The number of rotatable bonds is 5. The van der Waals surface area contributed by atoms with E-state index in [0.29, 0.717) is 10.4 Å².